The summed E-state index contributed by atoms with van der Waals surface area (Å²) >= 11 is 6.10. The first-order chi connectivity index (χ1) is 11.5. The van der Waals surface area contributed by atoms with E-state index in [0.29, 0.717) is 6.04 Å². The quantitative estimate of drug-likeness (QED) is 0.902. The Bertz CT molecular complexity index is 704. The van der Waals surface area contributed by atoms with E-state index in [9.17, 15) is 0 Å². The molecule has 1 atom stereocenters. The molecule has 1 saturated heterocycles. The zero-order valence-corrected chi connectivity index (χ0v) is 15.2. The molecule has 24 heavy (non-hydrogen) atoms. The Morgan fingerprint density at radius 2 is 2.12 bits per heavy atom. The fourth-order valence-electron chi connectivity index (χ4n) is 2.99. The van der Waals surface area contributed by atoms with Crippen molar-refractivity contribution in [2.45, 2.75) is 25.9 Å². The van der Waals surface area contributed by atoms with Gasteiger partial charge < -0.3 is 15.1 Å². The summed E-state index contributed by atoms with van der Waals surface area (Å²) in [6.07, 6.45) is 1.12. The van der Waals surface area contributed by atoms with E-state index >= 15 is 0 Å². The van der Waals surface area contributed by atoms with Crippen LogP contribution in [-0.2, 0) is 6.54 Å². The maximum Gasteiger partial charge on any atom is 0.225 e. The summed E-state index contributed by atoms with van der Waals surface area (Å²) < 4.78 is 0. The molecule has 2 heterocycles. The highest BCUT2D eigenvalue weighted by Gasteiger charge is 2.22. The standard InChI is InChI=1S/C18H24ClN5/c1-13-9-16(22-18(21-13)23(2)3)11-20-15-7-8-24(12-15)17-6-4-5-14(19)10-17/h4-6,9-10,15,20H,7-8,11-12H2,1-3H3/t15-/m0/s1. The number of hydrogen-bond donors (Lipinski definition) is 1. The van der Waals surface area contributed by atoms with Gasteiger partial charge in [-0.15, -0.1) is 0 Å². The van der Waals surface area contributed by atoms with E-state index in [4.69, 9.17) is 11.6 Å². The van der Waals surface area contributed by atoms with Gasteiger partial charge in [0.1, 0.15) is 0 Å². The van der Waals surface area contributed by atoms with Crippen LogP contribution in [0.3, 0.4) is 0 Å². The lowest BCUT2D eigenvalue weighted by atomic mass is 10.2. The molecule has 1 aliphatic heterocycles. The summed E-state index contributed by atoms with van der Waals surface area (Å²) in [5.41, 5.74) is 3.23. The second-order valence-corrected chi connectivity index (χ2v) is 6.92. The van der Waals surface area contributed by atoms with E-state index in [1.165, 1.54) is 5.69 Å². The van der Waals surface area contributed by atoms with Crippen LogP contribution in [0.1, 0.15) is 17.8 Å². The van der Waals surface area contributed by atoms with Gasteiger partial charge in [0, 0.05) is 56.2 Å². The van der Waals surface area contributed by atoms with Gasteiger partial charge in [0.15, 0.2) is 0 Å². The van der Waals surface area contributed by atoms with Crippen molar-refractivity contribution in [1.82, 2.24) is 15.3 Å². The van der Waals surface area contributed by atoms with Crippen molar-refractivity contribution in [3.63, 3.8) is 0 Å². The van der Waals surface area contributed by atoms with Crippen molar-refractivity contribution >= 4 is 23.2 Å². The third kappa shape index (κ3) is 4.16. The molecule has 3 rings (SSSR count). The Morgan fingerprint density at radius 3 is 2.88 bits per heavy atom. The predicted molar refractivity (Wildman–Crippen MR) is 100 cm³/mol. The first-order valence-electron chi connectivity index (χ1n) is 8.27. The van der Waals surface area contributed by atoms with Gasteiger partial charge in [0.25, 0.3) is 0 Å². The molecule has 1 aromatic heterocycles. The van der Waals surface area contributed by atoms with Gasteiger partial charge >= 0.3 is 0 Å². The Balaban J connectivity index is 1.58. The molecule has 1 fully saturated rings. The maximum atomic E-state index is 6.10. The summed E-state index contributed by atoms with van der Waals surface area (Å²) in [5.74, 6) is 0.763. The minimum absolute atomic E-state index is 0.460. The molecule has 0 amide bonds. The predicted octanol–water partition coefficient (Wildman–Crippen LogP) is 2.87. The third-order valence-corrected chi connectivity index (χ3v) is 4.46. The normalized spacial score (nSPS) is 17.3. The Morgan fingerprint density at radius 1 is 1.29 bits per heavy atom. The van der Waals surface area contributed by atoms with E-state index in [1.54, 1.807) is 0 Å². The summed E-state index contributed by atoms with van der Waals surface area (Å²) in [5, 5.41) is 4.41. The molecular weight excluding hydrogens is 322 g/mol. The number of nitrogens with one attached hydrogen (secondary N) is 1. The van der Waals surface area contributed by atoms with Crippen LogP contribution >= 0.6 is 11.6 Å². The lowest BCUT2D eigenvalue weighted by Gasteiger charge is -2.19. The highest BCUT2D eigenvalue weighted by atomic mass is 35.5. The van der Waals surface area contributed by atoms with Crippen LogP contribution in [0, 0.1) is 6.92 Å². The SMILES string of the molecule is Cc1cc(CN[C@H]2CCN(c3cccc(Cl)c3)C2)nc(N(C)C)n1. The Kier molecular flexibility index (Phi) is 5.21. The number of aryl methyl sites for hydroxylation is 1. The van der Waals surface area contributed by atoms with Crippen molar-refractivity contribution in [1.29, 1.82) is 0 Å². The van der Waals surface area contributed by atoms with E-state index in [2.05, 4.69) is 26.3 Å². The molecule has 1 aliphatic rings. The fraction of sp³-hybridized carbons (Fsp3) is 0.444. The number of benzene rings is 1. The van der Waals surface area contributed by atoms with E-state index in [1.807, 2.05) is 50.2 Å². The molecule has 1 N–H and O–H groups in total. The van der Waals surface area contributed by atoms with Crippen LogP contribution in [0.2, 0.25) is 5.02 Å². The van der Waals surface area contributed by atoms with Crippen LogP contribution in [0.15, 0.2) is 30.3 Å². The largest absolute Gasteiger partial charge is 0.370 e. The molecule has 2 aromatic rings. The van der Waals surface area contributed by atoms with Crippen LogP contribution < -0.4 is 15.1 Å². The monoisotopic (exact) mass is 345 g/mol. The van der Waals surface area contributed by atoms with Crippen molar-refractivity contribution in [2.75, 3.05) is 37.0 Å². The molecule has 0 spiro atoms. The van der Waals surface area contributed by atoms with Gasteiger partial charge in [0.2, 0.25) is 5.95 Å². The number of hydrogen-bond acceptors (Lipinski definition) is 5. The van der Waals surface area contributed by atoms with Crippen LogP contribution in [0.5, 0.6) is 0 Å². The number of nitrogens with zero attached hydrogens (tertiary/aromatic N) is 4. The third-order valence-electron chi connectivity index (χ3n) is 4.23. The van der Waals surface area contributed by atoms with Crippen molar-refractivity contribution in [3.8, 4) is 0 Å². The molecule has 5 nitrogen and oxygen atoms in total. The van der Waals surface area contributed by atoms with Crippen molar-refractivity contribution < 1.29 is 0 Å². The molecule has 0 unspecified atom stereocenters. The average Bonchev–Trinajstić information content (AvgIpc) is 3.01. The highest BCUT2D eigenvalue weighted by molar-refractivity contribution is 6.30. The van der Waals surface area contributed by atoms with E-state index < -0.39 is 0 Å². The first kappa shape index (κ1) is 17.0. The second-order valence-electron chi connectivity index (χ2n) is 6.49. The second kappa shape index (κ2) is 7.36. The minimum Gasteiger partial charge on any atom is -0.370 e. The molecule has 1 aromatic carbocycles. The van der Waals surface area contributed by atoms with E-state index in [-0.39, 0.29) is 0 Å². The lowest BCUT2D eigenvalue weighted by molar-refractivity contribution is 0.545. The lowest BCUT2D eigenvalue weighted by Crippen LogP contribution is -2.32. The number of aromatic nitrogens is 2. The number of halogens is 1. The summed E-state index contributed by atoms with van der Waals surface area (Å²) in [4.78, 5) is 13.4. The smallest absolute Gasteiger partial charge is 0.225 e. The Labute approximate surface area is 148 Å². The van der Waals surface area contributed by atoms with Gasteiger partial charge in [-0.1, -0.05) is 17.7 Å². The highest BCUT2D eigenvalue weighted by Crippen LogP contribution is 2.23. The first-order valence-corrected chi connectivity index (χ1v) is 8.65. The molecular formula is C18H24ClN5. The summed E-state index contributed by atoms with van der Waals surface area (Å²) in [7, 11) is 3.93. The van der Waals surface area contributed by atoms with E-state index in [0.717, 1.165) is 48.4 Å². The zero-order chi connectivity index (χ0) is 17.1. The summed E-state index contributed by atoms with van der Waals surface area (Å²) in [6, 6.07) is 10.6. The topological polar surface area (TPSA) is 44.3 Å². The van der Waals surface area contributed by atoms with Crippen molar-refractivity contribution in [3.05, 3.63) is 46.7 Å². The average molecular weight is 346 g/mol. The number of anilines is 2. The fourth-order valence-corrected chi connectivity index (χ4v) is 3.18. The summed E-state index contributed by atoms with van der Waals surface area (Å²) in [6.45, 7) is 4.81. The molecule has 128 valence electrons. The van der Waals surface area contributed by atoms with Crippen LogP contribution in [-0.4, -0.2) is 43.2 Å². The van der Waals surface area contributed by atoms with Crippen LogP contribution in [0.25, 0.3) is 0 Å². The molecule has 0 radical (unpaired) electrons. The van der Waals surface area contributed by atoms with Crippen molar-refractivity contribution in [2.24, 2.45) is 0 Å². The molecule has 0 saturated carbocycles. The molecule has 0 aliphatic carbocycles. The van der Waals surface area contributed by atoms with Crippen LogP contribution in [0.4, 0.5) is 11.6 Å². The molecule has 6 heteroatoms. The Hall–Kier alpha value is -1.85. The van der Waals surface area contributed by atoms with Gasteiger partial charge in [0.05, 0.1) is 5.69 Å². The zero-order valence-electron chi connectivity index (χ0n) is 14.5. The van der Waals surface area contributed by atoms with Gasteiger partial charge in [-0.2, -0.15) is 0 Å². The minimum atomic E-state index is 0.460. The number of rotatable bonds is 5. The van der Waals surface area contributed by atoms with Gasteiger partial charge in [-0.25, -0.2) is 9.97 Å². The van der Waals surface area contributed by atoms with Gasteiger partial charge in [-0.05, 0) is 37.6 Å². The molecule has 0 bridgehead atoms. The van der Waals surface area contributed by atoms with Gasteiger partial charge in [-0.3, -0.25) is 0 Å². The maximum absolute atomic E-state index is 6.10.